The Hall–Kier alpha value is -3.69. The summed E-state index contributed by atoms with van der Waals surface area (Å²) < 4.78 is 10.9. The zero-order valence-electron chi connectivity index (χ0n) is 22.3. The minimum atomic E-state index is -0.872. The van der Waals surface area contributed by atoms with E-state index in [1.54, 1.807) is 26.0 Å². The van der Waals surface area contributed by atoms with Crippen molar-refractivity contribution in [3.05, 3.63) is 98.4 Å². The maximum atomic E-state index is 13.6. The molecule has 2 unspecified atom stereocenters. The molecular weight excluding hydrogens is 522 g/mol. The number of hydrogen-bond acceptors (Lipinski definition) is 8. The van der Waals surface area contributed by atoms with Crippen molar-refractivity contribution in [3.63, 3.8) is 0 Å². The van der Waals surface area contributed by atoms with Crippen LogP contribution in [0.25, 0.3) is 0 Å². The van der Waals surface area contributed by atoms with Crippen LogP contribution in [0.15, 0.2) is 77.1 Å². The van der Waals surface area contributed by atoms with Crippen molar-refractivity contribution in [1.82, 2.24) is 10.2 Å². The van der Waals surface area contributed by atoms with Crippen LogP contribution >= 0.6 is 12.4 Å². The summed E-state index contributed by atoms with van der Waals surface area (Å²) in [5, 5.41) is 14.6. The number of piperidine rings is 1. The van der Waals surface area contributed by atoms with Gasteiger partial charge in [-0.05, 0) is 44.4 Å². The number of nitro groups is 1. The van der Waals surface area contributed by atoms with Crippen molar-refractivity contribution in [1.29, 1.82) is 0 Å². The Labute approximate surface area is 234 Å². The first-order valence-electron chi connectivity index (χ1n) is 12.8. The number of halogens is 1. The van der Waals surface area contributed by atoms with Gasteiger partial charge in [0.1, 0.15) is 6.61 Å². The summed E-state index contributed by atoms with van der Waals surface area (Å²) in [4.78, 5) is 39.8. The number of carbonyl (C=O) groups excluding carboxylic acids is 2. The number of dihydropyridines is 1. The number of ether oxygens (including phenoxy) is 2. The quantitative estimate of drug-likeness (QED) is 0.274. The van der Waals surface area contributed by atoms with Gasteiger partial charge in [0.15, 0.2) is 0 Å². The molecule has 2 atom stereocenters. The molecule has 1 fully saturated rings. The van der Waals surface area contributed by atoms with E-state index in [0.717, 1.165) is 32.4 Å². The molecule has 2 heterocycles. The molecule has 0 aliphatic carbocycles. The first kappa shape index (κ1) is 29.9. The third kappa shape index (κ3) is 6.85. The molecule has 208 valence electrons. The average molecular weight is 556 g/mol. The first-order valence-corrected chi connectivity index (χ1v) is 12.8. The largest absolute Gasteiger partial charge is 0.466 e. The Kier molecular flexibility index (Phi) is 10.3. The summed E-state index contributed by atoms with van der Waals surface area (Å²) in [5.41, 5.74) is 3.01. The fourth-order valence-electron chi connectivity index (χ4n) is 5.32. The molecule has 0 spiro atoms. The molecule has 10 heteroatoms. The van der Waals surface area contributed by atoms with Crippen LogP contribution in [0.4, 0.5) is 5.69 Å². The second kappa shape index (κ2) is 13.4. The highest BCUT2D eigenvalue weighted by atomic mass is 35.5. The normalized spacial score (nSPS) is 19.6. The summed E-state index contributed by atoms with van der Waals surface area (Å²) in [7, 11) is 1.26. The highest BCUT2D eigenvalue weighted by Crippen LogP contribution is 2.40. The van der Waals surface area contributed by atoms with Crippen LogP contribution < -0.4 is 5.32 Å². The Morgan fingerprint density at radius 1 is 1.03 bits per heavy atom. The molecule has 39 heavy (non-hydrogen) atoms. The van der Waals surface area contributed by atoms with E-state index in [1.165, 1.54) is 24.8 Å². The lowest BCUT2D eigenvalue weighted by Crippen LogP contribution is -2.42. The highest BCUT2D eigenvalue weighted by Gasteiger charge is 2.38. The third-order valence-electron chi connectivity index (χ3n) is 7.18. The van der Waals surface area contributed by atoms with Crippen molar-refractivity contribution < 1.29 is 24.0 Å². The topological polar surface area (TPSA) is 111 Å². The molecule has 0 saturated carbocycles. The van der Waals surface area contributed by atoms with Crippen molar-refractivity contribution in [2.24, 2.45) is 0 Å². The SMILES string of the molecule is COC(=O)C1=C(C)NC(C)=C(C(=O)OCC2CCCCN2Cc2ccccc2)C1c1cccc([N+](=O)[O-])c1.Cl. The average Bonchev–Trinajstić information content (AvgIpc) is 2.92. The smallest absolute Gasteiger partial charge is 0.336 e. The van der Waals surface area contributed by atoms with Crippen LogP contribution in [-0.2, 0) is 25.6 Å². The number of rotatable bonds is 8. The number of benzene rings is 2. The second-order valence-corrected chi connectivity index (χ2v) is 9.68. The van der Waals surface area contributed by atoms with E-state index in [-0.39, 0.29) is 41.9 Å². The van der Waals surface area contributed by atoms with Crippen molar-refractivity contribution in [2.45, 2.75) is 51.6 Å². The van der Waals surface area contributed by atoms with Crippen LogP contribution in [0.1, 0.15) is 50.2 Å². The van der Waals surface area contributed by atoms with Crippen LogP contribution in [0, 0.1) is 10.1 Å². The van der Waals surface area contributed by atoms with Gasteiger partial charge in [-0.25, -0.2) is 9.59 Å². The molecule has 0 radical (unpaired) electrons. The van der Waals surface area contributed by atoms with Gasteiger partial charge in [-0.3, -0.25) is 15.0 Å². The molecule has 1 saturated heterocycles. The first-order chi connectivity index (χ1) is 18.3. The molecule has 0 aromatic heterocycles. The van der Waals surface area contributed by atoms with Crippen molar-refractivity contribution in [2.75, 3.05) is 20.3 Å². The number of methoxy groups -OCH3 is 1. The highest BCUT2D eigenvalue weighted by molar-refractivity contribution is 5.99. The number of esters is 2. The molecule has 9 nitrogen and oxygen atoms in total. The number of hydrogen-bond donors (Lipinski definition) is 1. The lowest BCUT2D eigenvalue weighted by atomic mass is 9.80. The maximum absolute atomic E-state index is 13.6. The van der Waals surface area contributed by atoms with E-state index in [2.05, 4.69) is 22.3 Å². The Morgan fingerprint density at radius 3 is 2.38 bits per heavy atom. The predicted molar refractivity (Wildman–Crippen MR) is 149 cm³/mol. The third-order valence-corrected chi connectivity index (χ3v) is 7.18. The van der Waals surface area contributed by atoms with Gasteiger partial charge < -0.3 is 14.8 Å². The second-order valence-electron chi connectivity index (χ2n) is 9.68. The number of nitro benzene ring substituents is 1. The van der Waals surface area contributed by atoms with E-state index < -0.39 is 22.8 Å². The molecule has 4 rings (SSSR count). The van der Waals surface area contributed by atoms with Gasteiger partial charge in [0.25, 0.3) is 5.69 Å². The fourth-order valence-corrected chi connectivity index (χ4v) is 5.32. The summed E-state index contributed by atoms with van der Waals surface area (Å²) in [6.07, 6.45) is 3.06. The molecule has 2 aliphatic rings. The minimum Gasteiger partial charge on any atom is -0.466 e. The lowest BCUT2D eigenvalue weighted by molar-refractivity contribution is -0.384. The Bertz CT molecular complexity index is 1280. The van der Waals surface area contributed by atoms with E-state index in [0.29, 0.717) is 17.0 Å². The number of nitrogens with zero attached hydrogens (tertiary/aromatic N) is 2. The number of carbonyl (C=O) groups is 2. The molecule has 2 aliphatic heterocycles. The molecule has 1 N–H and O–H groups in total. The predicted octanol–water partition coefficient (Wildman–Crippen LogP) is 5.02. The summed E-state index contributed by atoms with van der Waals surface area (Å²) in [5.74, 6) is -2.06. The summed E-state index contributed by atoms with van der Waals surface area (Å²) in [6, 6.07) is 16.2. The standard InChI is InChI=1S/C29H33N3O6.ClH/c1-19-25(28(33)37-3)27(22-12-9-14-23(16-22)32(35)36)26(20(2)30-19)29(34)38-18-24-13-7-8-15-31(24)17-21-10-5-4-6-11-21;/h4-6,9-12,14,16,24,27,30H,7-8,13,15,17-18H2,1-3H3;1H. The van der Waals surface area contributed by atoms with E-state index in [1.807, 2.05) is 18.2 Å². The van der Waals surface area contributed by atoms with E-state index in [9.17, 15) is 19.7 Å². The number of nitrogens with one attached hydrogen (secondary N) is 1. The molecule has 2 aromatic carbocycles. The van der Waals surface area contributed by atoms with Gasteiger partial charge in [-0.2, -0.15) is 0 Å². The monoisotopic (exact) mass is 555 g/mol. The zero-order chi connectivity index (χ0) is 27.2. The van der Waals surface area contributed by atoms with Gasteiger partial charge in [0.2, 0.25) is 0 Å². The molecule has 2 aromatic rings. The van der Waals surface area contributed by atoms with Gasteiger partial charge in [-0.15, -0.1) is 12.4 Å². The molecule has 0 amide bonds. The number of non-ortho nitro benzene ring substituents is 1. The van der Waals surface area contributed by atoms with Gasteiger partial charge in [0.05, 0.1) is 29.1 Å². The number of allylic oxidation sites excluding steroid dienone is 2. The van der Waals surface area contributed by atoms with E-state index in [4.69, 9.17) is 9.47 Å². The van der Waals surface area contributed by atoms with Crippen molar-refractivity contribution in [3.8, 4) is 0 Å². The van der Waals surface area contributed by atoms with Crippen LogP contribution in [0.2, 0.25) is 0 Å². The summed E-state index contributed by atoms with van der Waals surface area (Å²) in [6.45, 7) is 5.36. The maximum Gasteiger partial charge on any atom is 0.336 e. The lowest BCUT2D eigenvalue weighted by Gasteiger charge is -2.36. The summed E-state index contributed by atoms with van der Waals surface area (Å²) >= 11 is 0. The molecule has 0 bridgehead atoms. The van der Waals surface area contributed by atoms with Gasteiger partial charge in [-0.1, -0.05) is 48.9 Å². The van der Waals surface area contributed by atoms with Crippen LogP contribution in [0.3, 0.4) is 0 Å². The van der Waals surface area contributed by atoms with Crippen LogP contribution in [0.5, 0.6) is 0 Å². The van der Waals surface area contributed by atoms with Crippen LogP contribution in [-0.4, -0.2) is 48.1 Å². The van der Waals surface area contributed by atoms with Gasteiger partial charge in [0, 0.05) is 36.1 Å². The minimum absolute atomic E-state index is 0. The Balaban J connectivity index is 0.00000420. The zero-order valence-corrected chi connectivity index (χ0v) is 23.2. The van der Waals surface area contributed by atoms with Crippen molar-refractivity contribution >= 4 is 30.0 Å². The molecular formula is C29H34ClN3O6. The van der Waals surface area contributed by atoms with Gasteiger partial charge >= 0.3 is 11.9 Å². The van der Waals surface area contributed by atoms with E-state index >= 15 is 0 Å². The fraction of sp³-hybridized carbons (Fsp3) is 0.379. The Morgan fingerprint density at radius 2 is 1.72 bits per heavy atom. The number of likely N-dealkylation sites (tertiary alicyclic amines) is 1.